The molecule has 0 aliphatic rings. The molecular formula is C15H21N3O2. The molecule has 0 amide bonds. The number of hydrogen-bond donors (Lipinski definition) is 1. The summed E-state index contributed by atoms with van der Waals surface area (Å²) in [5.74, 6) is -0.735. The predicted molar refractivity (Wildman–Crippen MR) is 77.6 cm³/mol. The maximum absolute atomic E-state index is 10.6. The molecule has 0 aliphatic carbocycles. The zero-order valence-corrected chi connectivity index (χ0v) is 12.0. The number of aromatic nitrogens is 2. The lowest BCUT2D eigenvalue weighted by atomic mass is 10.2. The largest absolute Gasteiger partial charge is 0.481 e. The topological polar surface area (TPSA) is 57.8 Å². The summed E-state index contributed by atoms with van der Waals surface area (Å²) in [6.45, 7) is 5.77. The van der Waals surface area contributed by atoms with Gasteiger partial charge in [-0.1, -0.05) is 6.07 Å². The molecule has 0 aliphatic heterocycles. The van der Waals surface area contributed by atoms with Crippen LogP contribution in [0.5, 0.6) is 0 Å². The van der Waals surface area contributed by atoms with Crippen molar-refractivity contribution in [1.82, 2.24) is 14.3 Å². The van der Waals surface area contributed by atoms with Gasteiger partial charge < -0.3 is 9.51 Å². The van der Waals surface area contributed by atoms with Crippen LogP contribution >= 0.6 is 0 Å². The van der Waals surface area contributed by atoms with E-state index in [4.69, 9.17) is 5.11 Å². The van der Waals surface area contributed by atoms with Gasteiger partial charge in [0.2, 0.25) is 0 Å². The van der Waals surface area contributed by atoms with E-state index in [1.54, 1.807) is 0 Å². The minimum atomic E-state index is -0.735. The first-order valence-corrected chi connectivity index (χ1v) is 6.94. The third-order valence-electron chi connectivity index (χ3n) is 3.35. The van der Waals surface area contributed by atoms with Gasteiger partial charge in [0, 0.05) is 31.4 Å². The molecule has 0 saturated heterocycles. The Hall–Kier alpha value is -1.88. The van der Waals surface area contributed by atoms with Crippen LogP contribution < -0.4 is 0 Å². The lowest BCUT2D eigenvalue weighted by Gasteiger charge is -2.25. The molecule has 2 rings (SSSR count). The minimum absolute atomic E-state index is 0.217. The first-order chi connectivity index (χ1) is 9.56. The highest BCUT2D eigenvalue weighted by atomic mass is 16.4. The molecule has 0 spiro atoms. The number of carbonyl (C=O) groups is 1. The molecule has 0 atom stereocenters. The van der Waals surface area contributed by atoms with Gasteiger partial charge in [-0.25, -0.2) is 4.98 Å². The van der Waals surface area contributed by atoms with E-state index >= 15 is 0 Å². The lowest BCUT2D eigenvalue weighted by molar-refractivity contribution is -0.137. The van der Waals surface area contributed by atoms with Crippen molar-refractivity contribution in [3.63, 3.8) is 0 Å². The van der Waals surface area contributed by atoms with Gasteiger partial charge in [-0.2, -0.15) is 0 Å². The first-order valence-electron chi connectivity index (χ1n) is 6.94. The van der Waals surface area contributed by atoms with Crippen LogP contribution in [0.15, 0.2) is 30.6 Å². The Morgan fingerprint density at radius 2 is 2.25 bits per heavy atom. The molecule has 2 aromatic rings. The first kappa shape index (κ1) is 14.5. The number of hydrogen-bond acceptors (Lipinski definition) is 3. The molecule has 5 heteroatoms. The molecule has 2 heterocycles. The van der Waals surface area contributed by atoms with Crippen molar-refractivity contribution in [2.45, 2.75) is 39.3 Å². The molecular weight excluding hydrogens is 254 g/mol. The smallest absolute Gasteiger partial charge is 0.303 e. The summed E-state index contributed by atoms with van der Waals surface area (Å²) in [6, 6.07) is 6.30. The number of pyridine rings is 1. The molecule has 0 fully saturated rings. The van der Waals surface area contributed by atoms with Gasteiger partial charge in [-0.05, 0) is 38.9 Å². The summed E-state index contributed by atoms with van der Waals surface area (Å²) >= 11 is 0. The quantitative estimate of drug-likeness (QED) is 0.843. The summed E-state index contributed by atoms with van der Waals surface area (Å²) in [6.07, 6.45) is 4.90. The van der Waals surface area contributed by atoms with Crippen LogP contribution in [0, 0.1) is 0 Å². The summed E-state index contributed by atoms with van der Waals surface area (Å²) < 4.78 is 2.01. The van der Waals surface area contributed by atoms with E-state index in [9.17, 15) is 4.79 Å². The fourth-order valence-corrected chi connectivity index (χ4v) is 2.22. The third kappa shape index (κ3) is 3.81. The average Bonchev–Trinajstić information content (AvgIpc) is 2.79. The van der Waals surface area contributed by atoms with Crippen molar-refractivity contribution in [1.29, 1.82) is 0 Å². The zero-order chi connectivity index (χ0) is 14.5. The van der Waals surface area contributed by atoms with Crippen LogP contribution in [0.1, 0.15) is 32.4 Å². The zero-order valence-electron chi connectivity index (χ0n) is 12.0. The van der Waals surface area contributed by atoms with Crippen LogP contribution in [0.2, 0.25) is 0 Å². The Morgan fingerprint density at radius 1 is 1.45 bits per heavy atom. The summed E-state index contributed by atoms with van der Waals surface area (Å²) in [5.41, 5.74) is 1.96. The Morgan fingerprint density at radius 3 is 2.90 bits per heavy atom. The number of aliphatic carboxylic acids is 1. The van der Waals surface area contributed by atoms with Crippen molar-refractivity contribution >= 4 is 11.6 Å². The molecule has 0 aromatic carbocycles. The molecule has 0 saturated carbocycles. The number of carboxylic acids is 1. The minimum Gasteiger partial charge on any atom is -0.481 e. The average molecular weight is 275 g/mol. The van der Waals surface area contributed by atoms with Crippen LogP contribution in [-0.4, -0.2) is 37.9 Å². The van der Waals surface area contributed by atoms with Gasteiger partial charge in [0.05, 0.1) is 5.69 Å². The maximum atomic E-state index is 10.6. The van der Waals surface area contributed by atoms with Crippen LogP contribution in [-0.2, 0) is 11.3 Å². The van der Waals surface area contributed by atoms with Crippen LogP contribution in [0.4, 0.5) is 0 Å². The van der Waals surface area contributed by atoms with E-state index in [2.05, 4.69) is 23.7 Å². The SMILES string of the molecule is CC(C)N(CCCC(=O)O)Cc1cn2ccccc2n1. The van der Waals surface area contributed by atoms with Gasteiger partial charge >= 0.3 is 5.97 Å². The van der Waals surface area contributed by atoms with Gasteiger partial charge in [0.25, 0.3) is 0 Å². The number of carboxylic acid groups (broad SMARTS) is 1. The fourth-order valence-electron chi connectivity index (χ4n) is 2.22. The van der Waals surface area contributed by atoms with E-state index in [1.165, 1.54) is 0 Å². The molecule has 0 unspecified atom stereocenters. The summed E-state index contributed by atoms with van der Waals surface area (Å²) in [4.78, 5) is 17.4. The van der Waals surface area contributed by atoms with Crippen molar-refractivity contribution in [3.8, 4) is 0 Å². The van der Waals surface area contributed by atoms with E-state index in [-0.39, 0.29) is 6.42 Å². The number of imidazole rings is 1. The van der Waals surface area contributed by atoms with E-state index in [0.29, 0.717) is 12.5 Å². The summed E-state index contributed by atoms with van der Waals surface area (Å²) in [7, 11) is 0. The molecule has 1 N–H and O–H groups in total. The van der Waals surface area contributed by atoms with Crippen LogP contribution in [0.3, 0.4) is 0 Å². The van der Waals surface area contributed by atoms with Gasteiger partial charge in [0.15, 0.2) is 0 Å². The Bertz CT molecular complexity index is 544. The van der Waals surface area contributed by atoms with Crippen molar-refractivity contribution in [2.24, 2.45) is 0 Å². The standard InChI is InChI=1S/C15H21N3O2/c1-12(2)17(9-5-7-15(19)20)10-13-11-18-8-4-3-6-14(18)16-13/h3-4,6,8,11-12H,5,7,9-10H2,1-2H3,(H,19,20). The molecule has 0 bridgehead atoms. The number of rotatable bonds is 7. The number of fused-ring (bicyclic) bond motifs is 1. The monoisotopic (exact) mass is 275 g/mol. The van der Waals surface area contributed by atoms with Gasteiger partial charge in [-0.15, -0.1) is 0 Å². The molecule has 0 radical (unpaired) electrons. The molecule has 2 aromatic heterocycles. The maximum Gasteiger partial charge on any atom is 0.303 e. The molecule has 20 heavy (non-hydrogen) atoms. The molecule has 108 valence electrons. The van der Waals surface area contributed by atoms with E-state index in [1.807, 2.05) is 35.0 Å². The van der Waals surface area contributed by atoms with E-state index < -0.39 is 5.97 Å². The van der Waals surface area contributed by atoms with Crippen molar-refractivity contribution in [2.75, 3.05) is 6.54 Å². The lowest BCUT2D eigenvalue weighted by Crippen LogP contribution is -2.31. The Labute approximate surface area is 118 Å². The Kier molecular flexibility index (Phi) is 4.74. The second kappa shape index (κ2) is 6.52. The number of nitrogens with zero attached hydrogens (tertiary/aromatic N) is 3. The molecule has 5 nitrogen and oxygen atoms in total. The van der Waals surface area contributed by atoms with Gasteiger partial charge in [-0.3, -0.25) is 9.69 Å². The normalized spacial score (nSPS) is 11.6. The van der Waals surface area contributed by atoms with Gasteiger partial charge in [0.1, 0.15) is 5.65 Å². The second-order valence-electron chi connectivity index (χ2n) is 5.26. The third-order valence-corrected chi connectivity index (χ3v) is 3.35. The van der Waals surface area contributed by atoms with Crippen LogP contribution in [0.25, 0.3) is 5.65 Å². The van der Waals surface area contributed by atoms with E-state index in [0.717, 1.165) is 24.4 Å². The predicted octanol–water partition coefficient (Wildman–Crippen LogP) is 2.41. The highest BCUT2D eigenvalue weighted by molar-refractivity contribution is 5.66. The highest BCUT2D eigenvalue weighted by Gasteiger charge is 2.12. The Balaban J connectivity index is 2.01. The summed E-state index contributed by atoms with van der Waals surface area (Å²) in [5, 5.41) is 8.72. The highest BCUT2D eigenvalue weighted by Crippen LogP contribution is 2.11. The van der Waals surface area contributed by atoms with Crippen molar-refractivity contribution in [3.05, 3.63) is 36.3 Å². The fraction of sp³-hybridized carbons (Fsp3) is 0.467. The van der Waals surface area contributed by atoms with Crippen molar-refractivity contribution < 1.29 is 9.90 Å². The second-order valence-corrected chi connectivity index (χ2v) is 5.26.